The molecule has 156 valence electrons. The van der Waals surface area contributed by atoms with Gasteiger partial charge >= 0.3 is 16.6 Å². The van der Waals surface area contributed by atoms with Gasteiger partial charge in [-0.2, -0.15) is 13.2 Å². The summed E-state index contributed by atoms with van der Waals surface area (Å²) < 4.78 is 71.8. The third-order valence-corrected chi connectivity index (χ3v) is 5.59. The van der Waals surface area contributed by atoms with E-state index in [4.69, 9.17) is 18.4 Å². The van der Waals surface area contributed by atoms with Crippen LogP contribution < -0.4 is 4.74 Å². The van der Waals surface area contributed by atoms with E-state index in [1.165, 1.54) is 6.08 Å². The maximum atomic E-state index is 12.7. The van der Waals surface area contributed by atoms with Crippen LogP contribution in [-0.4, -0.2) is 34.3 Å². The van der Waals surface area contributed by atoms with Crippen LogP contribution in [0.15, 0.2) is 30.3 Å². The van der Waals surface area contributed by atoms with E-state index in [0.717, 1.165) is 0 Å². The Morgan fingerprint density at radius 2 is 1.64 bits per heavy atom. The van der Waals surface area contributed by atoms with E-state index in [-0.39, 0.29) is 5.76 Å². The van der Waals surface area contributed by atoms with Crippen molar-refractivity contribution in [1.82, 2.24) is 0 Å². The Labute approximate surface area is 164 Å². The summed E-state index contributed by atoms with van der Waals surface area (Å²) >= 11 is -3.44. The van der Waals surface area contributed by atoms with Gasteiger partial charge in [0.2, 0.25) is 0 Å². The minimum absolute atomic E-state index is 0.0771. The first kappa shape index (κ1) is 21.1. The normalized spacial score (nSPS) is 23.1. The molecule has 0 amide bonds. The molecule has 1 saturated carbocycles. The van der Waals surface area contributed by atoms with Crippen LogP contribution >= 0.6 is 0 Å². The van der Waals surface area contributed by atoms with E-state index in [2.05, 4.69) is 0 Å². The number of fused-ring (bicyclic) bond motifs is 1. The standard InChI is InChI=1S/C17H17F3O5S.C2H6/c18-17(19,20)26(21)25-14-11-15(24-13-4-2-1-3-12(13)14)5-7-16(8-6-15)22-9-10-23-16;1-2/h1-4,11H,5-10H2;1-2H3. The van der Waals surface area contributed by atoms with Gasteiger partial charge in [0.05, 0.1) is 18.8 Å². The smallest absolute Gasteiger partial charge is 0.482 e. The van der Waals surface area contributed by atoms with Crippen molar-refractivity contribution in [2.24, 2.45) is 0 Å². The lowest BCUT2D eigenvalue weighted by molar-refractivity contribution is -0.193. The lowest BCUT2D eigenvalue weighted by Crippen LogP contribution is -2.47. The SMILES string of the molecule is CC.O=S(OC1=CC2(CCC3(CC2)OCCO3)Oc2ccccc21)C(F)(F)F. The van der Waals surface area contributed by atoms with Gasteiger partial charge in [-0.3, -0.25) is 0 Å². The summed E-state index contributed by atoms with van der Waals surface area (Å²) in [6.07, 6.45) is 3.61. The average Bonchev–Trinajstić information content (AvgIpc) is 3.14. The molecule has 1 aromatic carbocycles. The van der Waals surface area contributed by atoms with E-state index in [1.807, 2.05) is 13.8 Å². The minimum atomic E-state index is -4.95. The second-order valence-electron chi connectivity index (χ2n) is 6.54. The third kappa shape index (κ3) is 4.21. The first-order valence-electron chi connectivity index (χ1n) is 9.27. The number of para-hydroxylation sites is 1. The highest BCUT2D eigenvalue weighted by atomic mass is 32.2. The molecule has 2 heterocycles. The average molecular weight is 420 g/mol. The van der Waals surface area contributed by atoms with Crippen molar-refractivity contribution in [1.29, 1.82) is 0 Å². The van der Waals surface area contributed by atoms with Gasteiger partial charge < -0.3 is 18.4 Å². The molecule has 1 aliphatic carbocycles. The summed E-state index contributed by atoms with van der Waals surface area (Å²) in [5.74, 6) is -0.296. The van der Waals surface area contributed by atoms with Crippen LogP contribution in [0.1, 0.15) is 45.1 Å². The second-order valence-corrected chi connectivity index (χ2v) is 7.64. The van der Waals surface area contributed by atoms with E-state index in [0.29, 0.717) is 50.2 Å². The van der Waals surface area contributed by atoms with Crippen molar-refractivity contribution in [2.75, 3.05) is 13.2 Å². The molecule has 2 spiro atoms. The maximum Gasteiger partial charge on any atom is 0.508 e. The number of halogens is 3. The molecule has 2 fully saturated rings. The highest BCUT2D eigenvalue weighted by Gasteiger charge is 2.49. The zero-order valence-corrected chi connectivity index (χ0v) is 16.5. The molecular weight excluding hydrogens is 397 g/mol. The largest absolute Gasteiger partial charge is 0.508 e. The van der Waals surface area contributed by atoms with E-state index in [9.17, 15) is 17.4 Å². The number of hydrogen-bond acceptors (Lipinski definition) is 5. The molecule has 4 rings (SSSR count). The molecule has 0 radical (unpaired) electrons. The summed E-state index contributed by atoms with van der Waals surface area (Å²) in [5, 5.41) is 0. The molecule has 1 saturated heterocycles. The Morgan fingerprint density at radius 3 is 2.25 bits per heavy atom. The number of ether oxygens (including phenoxy) is 3. The fraction of sp³-hybridized carbons (Fsp3) is 0.579. The predicted molar refractivity (Wildman–Crippen MR) is 97.5 cm³/mol. The lowest BCUT2D eigenvalue weighted by atomic mass is 9.79. The lowest BCUT2D eigenvalue weighted by Gasteiger charge is -2.44. The molecule has 2 aliphatic heterocycles. The summed E-state index contributed by atoms with van der Waals surface area (Å²) in [6, 6.07) is 6.62. The van der Waals surface area contributed by atoms with Crippen molar-refractivity contribution >= 4 is 16.8 Å². The molecule has 5 nitrogen and oxygen atoms in total. The zero-order chi connectivity index (χ0) is 20.4. The summed E-state index contributed by atoms with van der Waals surface area (Å²) in [4.78, 5) is 0. The third-order valence-electron chi connectivity index (χ3n) is 4.89. The van der Waals surface area contributed by atoms with Gasteiger partial charge in [-0.05, 0) is 25.0 Å². The Kier molecular flexibility index (Phi) is 6.07. The quantitative estimate of drug-likeness (QED) is 0.694. The van der Waals surface area contributed by atoms with Crippen LogP contribution in [0.2, 0.25) is 0 Å². The van der Waals surface area contributed by atoms with Gasteiger partial charge in [-0.1, -0.05) is 26.0 Å². The van der Waals surface area contributed by atoms with Crippen LogP contribution in [0.4, 0.5) is 13.2 Å². The Balaban J connectivity index is 0.00000109. The summed E-state index contributed by atoms with van der Waals surface area (Å²) in [7, 11) is 0. The number of rotatable bonds is 2. The number of benzene rings is 1. The molecule has 9 heteroatoms. The minimum Gasteiger partial charge on any atom is -0.482 e. The van der Waals surface area contributed by atoms with Crippen LogP contribution in [0.5, 0.6) is 5.75 Å². The van der Waals surface area contributed by atoms with Crippen LogP contribution in [-0.2, 0) is 24.7 Å². The first-order valence-corrected chi connectivity index (χ1v) is 10.3. The molecule has 28 heavy (non-hydrogen) atoms. The summed E-state index contributed by atoms with van der Waals surface area (Å²) in [6.45, 7) is 5.07. The second kappa shape index (κ2) is 8.04. The van der Waals surface area contributed by atoms with Gasteiger partial charge in [0.1, 0.15) is 11.4 Å². The van der Waals surface area contributed by atoms with E-state index < -0.39 is 28.0 Å². The predicted octanol–water partition coefficient (Wildman–Crippen LogP) is 4.70. The Morgan fingerprint density at radius 1 is 1.04 bits per heavy atom. The van der Waals surface area contributed by atoms with Gasteiger partial charge in [-0.25, -0.2) is 4.21 Å². The van der Waals surface area contributed by atoms with Gasteiger partial charge in [-0.15, -0.1) is 0 Å². The Hall–Kier alpha value is -1.58. The first-order chi connectivity index (χ1) is 13.3. The highest BCUT2D eigenvalue weighted by Crippen LogP contribution is 2.48. The van der Waals surface area contributed by atoms with Crippen LogP contribution in [0, 0.1) is 0 Å². The molecule has 1 aromatic rings. The molecular formula is C19H23F3O5S. The van der Waals surface area contributed by atoms with Crippen LogP contribution in [0.3, 0.4) is 0 Å². The maximum absolute atomic E-state index is 12.7. The molecule has 1 unspecified atom stereocenters. The van der Waals surface area contributed by atoms with Crippen molar-refractivity contribution < 1.29 is 35.8 Å². The van der Waals surface area contributed by atoms with Gasteiger partial charge in [0.15, 0.2) is 11.5 Å². The molecule has 3 aliphatic rings. The molecule has 0 bridgehead atoms. The van der Waals surface area contributed by atoms with E-state index >= 15 is 0 Å². The fourth-order valence-electron chi connectivity index (χ4n) is 3.61. The van der Waals surface area contributed by atoms with E-state index in [1.54, 1.807) is 24.3 Å². The number of alkyl halides is 3. The number of hydrogen-bond donors (Lipinski definition) is 0. The van der Waals surface area contributed by atoms with Gasteiger partial charge in [0, 0.05) is 18.9 Å². The van der Waals surface area contributed by atoms with Crippen LogP contribution in [0.25, 0.3) is 5.76 Å². The molecule has 0 N–H and O–H groups in total. The van der Waals surface area contributed by atoms with Crippen molar-refractivity contribution in [3.63, 3.8) is 0 Å². The molecule has 1 atom stereocenters. The summed E-state index contributed by atoms with van der Waals surface area (Å²) in [5.41, 5.74) is -5.44. The van der Waals surface area contributed by atoms with Crippen molar-refractivity contribution in [3.05, 3.63) is 35.9 Å². The topological polar surface area (TPSA) is 54.0 Å². The highest BCUT2D eigenvalue weighted by molar-refractivity contribution is 7.81. The fourth-order valence-corrected chi connectivity index (χ4v) is 4.00. The molecule has 0 aromatic heterocycles. The van der Waals surface area contributed by atoms with Gasteiger partial charge in [0.25, 0.3) is 0 Å². The zero-order valence-electron chi connectivity index (χ0n) is 15.7. The van der Waals surface area contributed by atoms with Crippen molar-refractivity contribution in [3.8, 4) is 5.75 Å². The van der Waals surface area contributed by atoms with Crippen molar-refractivity contribution in [2.45, 2.75) is 56.4 Å². The monoisotopic (exact) mass is 420 g/mol. The Bertz CT molecular complexity index is 746.